The number of thiophene rings is 1. The Morgan fingerprint density at radius 3 is 2.33 bits per heavy atom. The van der Waals surface area contributed by atoms with Crippen molar-refractivity contribution in [2.24, 2.45) is 0 Å². The van der Waals surface area contributed by atoms with E-state index in [1.807, 2.05) is 0 Å². The summed E-state index contributed by atoms with van der Waals surface area (Å²) in [6, 6.07) is 7.60. The number of para-hydroxylation sites is 1. The molecule has 2 atom stereocenters. The molecular formula is C34H35F6N3O7S. The summed E-state index contributed by atoms with van der Waals surface area (Å²) in [5.41, 5.74) is -5.42. The zero-order chi connectivity index (χ0) is 37.2. The second-order valence-corrected chi connectivity index (χ2v) is 13.4. The third-order valence-electron chi connectivity index (χ3n) is 9.13. The minimum absolute atomic E-state index is 0.0496. The number of pyridine rings is 1. The number of aliphatic carboxylic acids is 1. The number of aliphatic hydroxyl groups is 1. The van der Waals surface area contributed by atoms with Crippen molar-refractivity contribution < 1.29 is 60.4 Å². The molecule has 276 valence electrons. The third kappa shape index (κ3) is 7.93. The Morgan fingerprint density at radius 1 is 1.00 bits per heavy atom. The van der Waals surface area contributed by atoms with E-state index in [4.69, 9.17) is 14.6 Å². The molecule has 2 aromatic heterocycles. The van der Waals surface area contributed by atoms with Crippen LogP contribution in [0.15, 0.2) is 54.0 Å². The van der Waals surface area contributed by atoms with Crippen LogP contribution in [-0.4, -0.2) is 80.7 Å². The predicted molar refractivity (Wildman–Crippen MR) is 170 cm³/mol. The van der Waals surface area contributed by atoms with Gasteiger partial charge in [0, 0.05) is 49.3 Å². The number of alkyl halides is 6. The summed E-state index contributed by atoms with van der Waals surface area (Å²) in [6.07, 6.45) is -8.33. The van der Waals surface area contributed by atoms with Crippen molar-refractivity contribution >= 4 is 29.1 Å². The van der Waals surface area contributed by atoms with Crippen molar-refractivity contribution in [3.05, 3.63) is 75.7 Å². The Hall–Kier alpha value is -4.38. The third-order valence-corrected chi connectivity index (χ3v) is 10.1. The number of carbonyl (C=O) groups is 3. The number of ether oxygens (including phenoxy) is 2. The van der Waals surface area contributed by atoms with Gasteiger partial charge in [-0.15, -0.1) is 11.3 Å². The predicted octanol–water partition coefficient (Wildman–Crippen LogP) is 6.38. The van der Waals surface area contributed by atoms with Gasteiger partial charge in [0.1, 0.15) is 22.1 Å². The number of hydrogen-bond acceptors (Lipinski definition) is 8. The standard InChI is InChI=1S/C34H35F6N3O7S/c1-2-7-25-32(50-21-18-26(51-20-21)34(38,39)40,11-6-15-43(25)29(46)28-23(33(35,36)37)9-5-14-41-28)30(47)42-16-12-31(48,13-17-42)22-8-3-4-10-24(22)49-19-27(44)45/h3-5,8-10,14,18,20,25,48H,2,6-7,11-13,15-17,19H2,1H3,(H,44,45)/t25-,32+/m1/s1. The molecule has 0 saturated carbocycles. The molecule has 0 aliphatic carbocycles. The van der Waals surface area contributed by atoms with Crippen LogP contribution < -0.4 is 9.47 Å². The van der Waals surface area contributed by atoms with Gasteiger partial charge < -0.3 is 29.5 Å². The van der Waals surface area contributed by atoms with E-state index < -0.39 is 70.1 Å². The highest BCUT2D eigenvalue weighted by Gasteiger charge is 2.56. The number of nitrogens with zero attached hydrogens (tertiary/aromatic N) is 3. The summed E-state index contributed by atoms with van der Waals surface area (Å²) in [4.78, 5) is 45.1. The number of hydrogen-bond donors (Lipinski definition) is 2. The van der Waals surface area contributed by atoms with Gasteiger partial charge in [0.15, 0.2) is 6.61 Å². The zero-order valence-electron chi connectivity index (χ0n) is 27.3. The van der Waals surface area contributed by atoms with E-state index in [0.29, 0.717) is 23.3 Å². The highest BCUT2D eigenvalue weighted by molar-refractivity contribution is 7.10. The van der Waals surface area contributed by atoms with Crippen molar-refractivity contribution in [3.63, 3.8) is 0 Å². The monoisotopic (exact) mass is 743 g/mol. The molecule has 2 aliphatic rings. The number of rotatable bonds is 10. The van der Waals surface area contributed by atoms with Crippen LogP contribution in [0.3, 0.4) is 0 Å². The van der Waals surface area contributed by atoms with Gasteiger partial charge in [0.25, 0.3) is 11.8 Å². The Labute approximate surface area is 292 Å². The number of aromatic nitrogens is 1. The smallest absolute Gasteiger partial charge is 0.425 e. The molecule has 1 aromatic carbocycles. The van der Waals surface area contributed by atoms with Gasteiger partial charge in [-0.05, 0) is 43.9 Å². The van der Waals surface area contributed by atoms with Crippen molar-refractivity contribution in [2.75, 3.05) is 26.2 Å². The van der Waals surface area contributed by atoms with Gasteiger partial charge in [-0.3, -0.25) is 14.6 Å². The molecule has 51 heavy (non-hydrogen) atoms. The van der Waals surface area contributed by atoms with Crippen LogP contribution in [0.2, 0.25) is 0 Å². The Balaban J connectivity index is 1.51. The number of benzene rings is 1. The molecule has 0 spiro atoms. The van der Waals surface area contributed by atoms with Gasteiger partial charge in [0.2, 0.25) is 5.60 Å². The number of halogens is 6. The molecule has 0 bridgehead atoms. The van der Waals surface area contributed by atoms with Gasteiger partial charge in [0.05, 0.1) is 17.2 Å². The highest BCUT2D eigenvalue weighted by atomic mass is 32.1. The van der Waals surface area contributed by atoms with E-state index in [1.165, 1.54) is 11.0 Å². The Kier molecular flexibility index (Phi) is 10.9. The summed E-state index contributed by atoms with van der Waals surface area (Å²) in [5.74, 6) is -3.18. The molecule has 2 N–H and O–H groups in total. The fourth-order valence-corrected chi connectivity index (χ4v) is 7.49. The molecule has 2 amide bonds. The highest BCUT2D eigenvalue weighted by Crippen LogP contribution is 2.44. The normalized spacial score (nSPS) is 20.9. The van der Waals surface area contributed by atoms with Crippen LogP contribution in [0.4, 0.5) is 26.3 Å². The molecule has 10 nitrogen and oxygen atoms in total. The minimum Gasteiger partial charge on any atom is -0.482 e. The molecule has 4 heterocycles. The average Bonchev–Trinajstić information content (AvgIpc) is 3.57. The number of piperidine rings is 2. The van der Waals surface area contributed by atoms with Crippen LogP contribution in [-0.2, 0) is 27.5 Å². The number of carbonyl (C=O) groups excluding carboxylic acids is 2. The van der Waals surface area contributed by atoms with Crippen molar-refractivity contribution in [1.29, 1.82) is 0 Å². The summed E-state index contributed by atoms with van der Waals surface area (Å²) in [6.45, 7) is 0.825. The lowest BCUT2D eigenvalue weighted by Crippen LogP contribution is -2.68. The van der Waals surface area contributed by atoms with E-state index >= 15 is 0 Å². The lowest BCUT2D eigenvalue weighted by molar-refractivity contribution is -0.163. The van der Waals surface area contributed by atoms with E-state index in [1.54, 1.807) is 25.1 Å². The molecule has 2 saturated heterocycles. The maximum Gasteiger partial charge on any atom is 0.425 e. The van der Waals surface area contributed by atoms with Crippen molar-refractivity contribution in [3.8, 4) is 11.5 Å². The quantitative estimate of drug-likeness (QED) is 0.229. The van der Waals surface area contributed by atoms with Crippen LogP contribution in [0.1, 0.15) is 71.9 Å². The SMILES string of the molecule is CCC[C@H]1N(C(=O)c2ncccc2C(F)(F)F)CCC[C@@]1(Oc1csc(C(F)(F)F)c1)C(=O)N1CCC(O)(c2ccccc2OCC(=O)O)CC1. The molecule has 17 heteroatoms. The number of carboxylic acids is 1. The topological polar surface area (TPSA) is 130 Å². The van der Waals surface area contributed by atoms with E-state index in [0.717, 1.165) is 34.7 Å². The van der Waals surface area contributed by atoms with Gasteiger partial charge >= 0.3 is 18.3 Å². The molecule has 2 fully saturated rings. The Morgan fingerprint density at radius 2 is 1.71 bits per heavy atom. The Bertz CT molecular complexity index is 1740. The van der Waals surface area contributed by atoms with E-state index in [9.17, 15) is 45.8 Å². The molecule has 0 unspecified atom stereocenters. The number of likely N-dealkylation sites (tertiary alicyclic amines) is 2. The first-order valence-electron chi connectivity index (χ1n) is 16.1. The van der Waals surface area contributed by atoms with Gasteiger partial charge in [-0.1, -0.05) is 31.5 Å². The van der Waals surface area contributed by atoms with Crippen molar-refractivity contribution in [2.45, 2.75) is 75.0 Å². The molecule has 5 rings (SSSR count). The van der Waals surface area contributed by atoms with E-state index in [-0.39, 0.29) is 63.2 Å². The summed E-state index contributed by atoms with van der Waals surface area (Å²) in [5, 5.41) is 21.9. The van der Waals surface area contributed by atoms with Crippen LogP contribution in [0.25, 0.3) is 0 Å². The first kappa shape index (κ1) is 37.9. The first-order chi connectivity index (χ1) is 24.0. The lowest BCUT2D eigenvalue weighted by atomic mass is 9.78. The summed E-state index contributed by atoms with van der Waals surface area (Å²) >= 11 is 0.347. The zero-order valence-corrected chi connectivity index (χ0v) is 28.1. The van der Waals surface area contributed by atoms with Gasteiger partial charge in [-0.25, -0.2) is 4.79 Å². The lowest BCUT2D eigenvalue weighted by Gasteiger charge is -2.51. The maximum absolute atomic E-state index is 14.8. The largest absolute Gasteiger partial charge is 0.482 e. The fraction of sp³-hybridized carbons (Fsp3) is 0.471. The maximum atomic E-state index is 14.8. The second kappa shape index (κ2) is 14.7. The van der Waals surface area contributed by atoms with Crippen LogP contribution >= 0.6 is 11.3 Å². The van der Waals surface area contributed by atoms with Crippen LogP contribution in [0.5, 0.6) is 11.5 Å². The molecule has 2 aliphatic heterocycles. The number of amides is 2. The van der Waals surface area contributed by atoms with E-state index in [2.05, 4.69) is 4.98 Å². The molecule has 3 aromatic rings. The first-order valence-corrected chi connectivity index (χ1v) is 17.0. The summed E-state index contributed by atoms with van der Waals surface area (Å²) in [7, 11) is 0. The number of carboxylic acid groups (broad SMARTS) is 1. The van der Waals surface area contributed by atoms with Crippen molar-refractivity contribution in [1.82, 2.24) is 14.8 Å². The second-order valence-electron chi connectivity index (χ2n) is 12.4. The minimum atomic E-state index is -4.93. The summed E-state index contributed by atoms with van der Waals surface area (Å²) < 4.78 is 94.4. The van der Waals surface area contributed by atoms with Gasteiger partial charge in [-0.2, -0.15) is 26.3 Å². The average molecular weight is 744 g/mol. The molecular weight excluding hydrogens is 708 g/mol. The fourth-order valence-electron chi connectivity index (χ4n) is 6.81. The van der Waals surface area contributed by atoms with Crippen LogP contribution in [0, 0.1) is 0 Å². The molecule has 0 radical (unpaired) electrons.